The van der Waals surface area contributed by atoms with Crippen LogP contribution in [0.15, 0.2) is 18.2 Å². The summed E-state index contributed by atoms with van der Waals surface area (Å²) in [7, 11) is 0. The van der Waals surface area contributed by atoms with Crippen molar-refractivity contribution in [2.45, 2.75) is 52.6 Å². The molecule has 106 valence electrons. The fraction of sp³-hybridized carbons (Fsp3) is 0.647. The Hall–Kier alpha value is -0.860. The third kappa shape index (κ3) is 3.18. The minimum absolute atomic E-state index is 0.372. The highest BCUT2D eigenvalue weighted by Crippen LogP contribution is 2.30. The average Bonchev–Trinajstić information content (AvgIpc) is 2.38. The smallest absolute Gasteiger partial charge is 0.0473 e. The summed E-state index contributed by atoms with van der Waals surface area (Å²) in [6, 6.07) is 7.82. The fourth-order valence-corrected chi connectivity index (χ4v) is 3.19. The van der Waals surface area contributed by atoms with Crippen molar-refractivity contribution < 1.29 is 0 Å². The lowest BCUT2D eigenvalue weighted by atomic mass is 9.91. The van der Waals surface area contributed by atoms with Crippen LogP contribution in [-0.4, -0.2) is 24.0 Å². The largest absolute Gasteiger partial charge is 0.329 e. The number of rotatable bonds is 3. The van der Waals surface area contributed by atoms with Gasteiger partial charge in [0.1, 0.15) is 0 Å². The fourth-order valence-electron chi connectivity index (χ4n) is 3.19. The van der Waals surface area contributed by atoms with Crippen LogP contribution in [0.3, 0.4) is 0 Å². The first-order valence-corrected chi connectivity index (χ1v) is 7.56. The number of hydrogen-bond acceptors (Lipinski definition) is 2. The number of nitrogens with zero attached hydrogens (tertiary/aromatic N) is 1. The van der Waals surface area contributed by atoms with Gasteiger partial charge in [0.15, 0.2) is 0 Å². The van der Waals surface area contributed by atoms with E-state index in [1.165, 1.54) is 36.1 Å². The topological polar surface area (TPSA) is 29.3 Å². The standard InChI is InChI=1S/C17H28N2/c1-12-5-7-15(4)19(11-12)17(10-18)16-8-6-13(2)14(3)9-16/h6,8-9,12,15,17H,5,7,10-11,18H2,1-4H3. The highest BCUT2D eigenvalue weighted by molar-refractivity contribution is 5.32. The molecule has 0 saturated carbocycles. The molecular formula is C17H28N2. The van der Waals surface area contributed by atoms with Gasteiger partial charge in [0.25, 0.3) is 0 Å². The molecule has 0 aliphatic carbocycles. The van der Waals surface area contributed by atoms with Crippen LogP contribution in [0.2, 0.25) is 0 Å². The predicted molar refractivity (Wildman–Crippen MR) is 82.3 cm³/mol. The van der Waals surface area contributed by atoms with Crippen LogP contribution in [0.25, 0.3) is 0 Å². The molecule has 1 aliphatic heterocycles. The van der Waals surface area contributed by atoms with E-state index in [1.807, 2.05) is 0 Å². The molecule has 1 aromatic rings. The Morgan fingerprint density at radius 1 is 1.21 bits per heavy atom. The van der Waals surface area contributed by atoms with Gasteiger partial charge >= 0.3 is 0 Å². The zero-order valence-electron chi connectivity index (χ0n) is 12.8. The molecule has 1 aromatic carbocycles. The van der Waals surface area contributed by atoms with E-state index in [0.29, 0.717) is 18.6 Å². The molecule has 0 amide bonds. The van der Waals surface area contributed by atoms with Crippen LogP contribution in [0.4, 0.5) is 0 Å². The number of piperidine rings is 1. The van der Waals surface area contributed by atoms with Crippen molar-refractivity contribution in [3.63, 3.8) is 0 Å². The molecule has 1 heterocycles. The van der Waals surface area contributed by atoms with Crippen molar-refractivity contribution in [2.75, 3.05) is 13.1 Å². The second-order valence-corrected chi connectivity index (χ2v) is 6.32. The number of hydrogen-bond donors (Lipinski definition) is 1. The van der Waals surface area contributed by atoms with Crippen molar-refractivity contribution in [3.05, 3.63) is 34.9 Å². The molecule has 2 rings (SSSR count). The van der Waals surface area contributed by atoms with Crippen molar-refractivity contribution in [3.8, 4) is 0 Å². The molecule has 2 heteroatoms. The van der Waals surface area contributed by atoms with E-state index in [0.717, 1.165) is 5.92 Å². The highest BCUT2D eigenvalue weighted by Gasteiger charge is 2.29. The van der Waals surface area contributed by atoms with E-state index in [4.69, 9.17) is 5.73 Å². The number of likely N-dealkylation sites (tertiary alicyclic amines) is 1. The van der Waals surface area contributed by atoms with Crippen LogP contribution in [0, 0.1) is 19.8 Å². The Bertz CT molecular complexity index is 427. The first kappa shape index (κ1) is 14.5. The quantitative estimate of drug-likeness (QED) is 0.902. The third-order valence-corrected chi connectivity index (χ3v) is 4.71. The van der Waals surface area contributed by atoms with Gasteiger partial charge < -0.3 is 5.73 Å². The lowest BCUT2D eigenvalue weighted by Gasteiger charge is -2.42. The van der Waals surface area contributed by atoms with E-state index in [-0.39, 0.29) is 0 Å². The van der Waals surface area contributed by atoms with Crippen LogP contribution in [0.1, 0.15) is 49.4 Å². The lowest BCUT2D eigenvalue weighted by Crippen LogP contribution is -2.45. The van der Waals surface area contributed by atoms with E-state index in [1.54, 1.807) is 0 Å². The molecule has 0 spiro atoms. The zero-order valence-corrected chi connectivity index (χ0v) is 12.8. The van der Waals surface area contributed by atoms with E-state index >= 15 is 0 Å². The summed E-state index contributed by atoms with van der Waals surface area (Å²) in [5.74, 6) is 0.789. The summed E-state index contributed by atoms with van der Waals surface area (Å²) in [5, 5.41) is 0. The third-order valence-electron chi connectivity index (χ3n) is 4.71. The molecule has 2 N–H and O–H groups in total. The Balaban J connectivity index is 2.25. The Morgan fingerprint density at radius 2 is 1.95 bits per heavy atom. The van der Waals surface area contributed by atoms with Gasteiger partial charge in [-0.15, -0.1) is 0 Å². The van der Waals surface area contributed by atoms with E-state index in [9.17, 15) is 0 Å². The summed E-state index contributed by atoms with van der Waals surface area (Å²) >= 11 is 0. The summed E-state index contributed by atoms with van der Waals surface area (Å²) in [6.45, 7) is 10.9. The molecule has 1 aliphatic rings. The monoisotopic (exact) mass is 260 g/mol. The summed E-state index contributed by atoms with van der Waals surface area (Å²) < 4.78 is 0. The van der Waals surface area contributed by atoms with E-state index < -0.39 is 0 Å². The Labute approximate surface area is 118 Å². The molecule has 2 nitrogen and oxygen atoms in total. The Kier molecular flexibility index (Phi) is 4.64. The van der Waals surface area contributed by atoms with Gasteiger partial charge in [0, 0.05) is 25.2 Å². The van der Waals surface area contributed by atoms with Crippen molar-refractivity contribution in [1.82, 2.24) is 4.90 Å². The number of aryl methyl sites for hydroxylation is 2. The molecule has 0 bridgehead atoms. The zero-order chi connectivity index (χ0) is 14.0. The summed E-state index contributed by atoms with van der Waals surface area (Å²) in [6.07, 6.45) is 2.64. The van der Waals surface area contributed by atoms with Gasteiger partial charge in [-0.05, 0) is 56.2 Å². The molecule has 1 saturated heterocycles. The second-order valence-electron chi connectivity index (χ2n) is 6.32. The molecular weight excluding hydrogens is 232 g/mol. The predicted octanol–water partition coefficient (Wildman–Crippen LogP) is 3.42. The first-order chi connectivity index (χ1) is 9.02. The van der Waals surface area contributed by atoms with Gasteiger partial charge in [0.2, 0.25) is 0 Å². The van der Waals surface area contributed by atoms with Crippen LogP contribution in [-0.2, 0) is 0 Å². The number of benzene rings is 1. The SMILES string of the molecule is Cc1ccc(C(CN)N2CC(C)CCC2C)cc1C. The minimum Gasteiger partial charge on any atom is -0.329 e. The molecule has 3 atom stereocenters. The van der Waals surface area contributed by atoms with Crippen molar-refractivity contribution >= 4 is 0 Å². The molecule has 0 radical (unpaired) electrons. The minimum atomic E-state index is 0.372. The highest BCUT2D eigenvalue weighted by atomic mass is 15.2. The Morgan fingerprint density at radius 3 is 2.58 bits per heavy atom. The molecule has 19 heavy (non-hydrogen) atoms. The maximum atomic E-state index is 6.09. The van der Waals surface area contributed by atoms with Gasteiger partial charge in [-0.1, -0.05) is 25.1 Å². The van der Waals surface area contributed by atoms with Gasteiger partial charge in [-0.25, -0.2) is 0 Å². The maximum Gasteiger partial charge on any atom is 0.0473 e. The molecule has 3 unspecified atom stereocenters. The van der Waals surface area contributed by atoms with E-state index in [2.05, 4.69) is 50.8 Å². The maximum absolute atomic E-state index is 6.09. The average molecular weight is 260 g/mol. The van der Waals surface area contributed by atoms with Gasteiger partial charge in [-0.2, -0.15) is 0 Å². The summed E-state index contributed by atoms with van der Waals surface area (Å²) in [4.78, 5) is 2.61. The normalized spacial score (nSPS) is 26.4. The van der Waals surface area contributed by atoms with Crippen LogP contribution in [0.5, 0.6) is 0 Å². The van der Waals surface area contributed by atoms with Crippen LogP contribution < -0.4 is 5.73 Å². The molecule has 0 aromatic heterocycles. The van der Waals surface area contributed by atoms with Crippen molar-refractivity contribution in [1.29, 1.82) is 0 Å². The summed E-state index contributed by atoms with van der Waals surface area (Å²) in [5.41, 5.74) is 10.2. The molecule has 1 fully saturated rings. The number of nitrogens with two attached hydrogens (primary N) is 1. The first-order valence-electron chi connectivity index (χ1n) is 7.56. The second kappa shape index (κ2) is 6.06. The van der Waals surface area contributed by atoms with Gasteiger partial charge in [0.05, 0.1) is 0 Å². The van der Waals surface area contributed by atoms with Gasteiger partial charge in [-0.3, -0.25) is 4.90 Å². The lowest BCUT2D eigenvalue weighted by molar-refractivity contribution is 0.0798. The van der Waals surface area contributed by atoms with Crippen molar-refractivity contribution in [2.24, 2.45) is 11.7 Å². The van der Waals surface area contributed by atoms with Crippen LogP contribution >= 0.6 is 0 Å².